The molecule has 0 aromatic heterocycles. The minimum atomic E-state index is -0.0893. The summed E-state index contributed by atoms with van der Waals surface area (Å²) in [6, 6.07) is 10.2. The third kappa shape index (κ3) is 6.55. The molecule has 0 spiro atoms. The SMILES string of the molecule is CC[N+](C)(CC)CCOC(=O)C(c1ccccc1)C1CCCCC1.[I-]. The predicted molar refractivity (Wildman–Crippen MR) is 98.9 cm³/mol. The molecule has 0 radical (unpaired) electrons. The topological polar surface area (TPSA) is 26.3 Å². The van der Waals surface area contributed by atoms with E-state index in [1.54, 1.807) is 0 Å². The normalized spacial score (nSPS) is 16.8. The van der Waals surface area contributed by atoms with Gasteiger partial charge in [-0.3, -0.25) is 4.79 Å². The average molecular weight is 459 g/mol. The number of esters is 1. The van der Waals surface area contributed by atoms with Gasteiger partial charge >= 0.3 is 5.97 Å². The van der Waals surface area contributed by atoms with Gasteiger partial charge in [0.2, 0.25) is 0 Å². The fourth-order valence-corrected chi connectivity index (χ4v) is 3.72. The van der Waals surface area contributed by atoms with Crippen molar-refractivity contribution >= 4 is 5.97 Å². The number of nitrogens with zero attached hydrogens (tertiary/aromatic N) is 1. The van der Waals surface area contributed by atoms with Gasteiger partial charge in [-0.1, -0.05) is 49.6 Å². The Morgan fingerprint density at radius 3 is 2.28 bits per heavy atom. The van der Waals surface area contributed by atoms with Gasteiger partial charge in [-0.05, 0) is 38.2 Å². The standard InChI is InChI=1S/C21H34NO2.HI/c1-4-22(3,5-2)16-17-24-21(23)20(18-12-8-6-9-13-18)19-14-10-7-11-15-19;/h6,8-9,12-13,19-20H,4-5,7,10-11,14-17H2,1-3H3;1H/q+1;/p-1. The van der Waals surface area contributed by atoms with Gasteiger partial charge in [-0.15, -0.1) is 0 Å². The van der Waals surface area contributed by atoms with E-state index in [0.717, 1.165) is 42.5 Å². The molecule has 0 amide bonds. The van der Waals surface area contributed by atoms with Crippen LogP contribution in [0.5, 0.6) is 0 Å². The number of rotatable bonds is 8. The Hall–Kier alpha value is -0.620. The van der Waals surface area contributed by atoms with Crippen molar-refractivity contribution in [3.63, 3.8) is 0 Å². The lowest BCUT2D eigenvalue weighted by Crippen LogP contribution is -3.00. The highest BCUT2D eigenvalue weighted by atomic mass is 127. The Labute approximate surface area is 170 Å². The zero-order valence-electron chi connectivity index (χ0n) is 16.0. The maximum absolute atomic E-state index is 12.9. The van der Waals surface area contributed by atoms with Crippen LogP contribution in [0.2, 0.25) is 0 Å². The van der Waals surface area contributed by atoms with Crippen LogP contribution in [0.15, 0.2) is 30.3 Å². The van der Waals surface area contributed by atoms with Crippen LogP contribution in [0.1, 0.15) is 57.4 Å². The van der Waals surface area contributed by atoms with Crippen LogP contribution in [0, 0.1) is 5.92 Å². The Morgan fingerprint density at radius 1 is 1.12 bits per heavy atom. The maximum atomic E-state index is 12.9. The van der Waals surface area contributed by atoms with Crippen LogP contribution in [-0.4, -0.2) is 43.7 Å². The summed E-state index contributed by atoms with van der Waals surface area (Å²) in [6.45, 7) is 7.94. The molecular weight excluding hydrogens is 425 g/mol. The second-order valence-electron chi connectivity index (χ2n) is 7.43. The molecule has 0 heterocycles. The van der Waals surface area contributed by atoms with E-state index in [1.165, 1.54) is 19.3 Å². The largest absolute Gasteiger partial charge is 1.00 e. The molecule has 1 fully saturated rings. The van der Waals surface area contributed by atoms with Crippen molar-refractivity contribution in [3.8, 4) is 0 Å². The van der Waals surface area contributed by atoms with Crippen LogP contribution in [0.3, 0.4) is 0 Å². The smallest absolute Gasteiger partial charge is 0.313 e. The lowest BCUT2D eigenvalue weighted by atomic mass is 9.77. The molecule has 1 atom stereocenters. The van der Waals surface area contributed by atoms with Crippen molar-refractivity contribution < 1.29 is 38.0 Å². The van der Waals surface area contributed by atoms with Gasteiger partial charge in [0.05, 0.1) is 26.1 Å². The van der Waals surface area contributed by atoms with E-state index < -0.39 is 0 Å². The number of quaternary nitrogens is 1. The molecule has 1 aromatic carbocycles. The van der Waals surface area contributed by atoms with Gasteiger partial charge in [0, 0.05) is 0 Å². The molecule has 1 aliphatic rings. The minimum absolute atomic E-state index is 0. The first kappa shape index (κ1) is 22.4. The average Bonchev–Trinajstić information content (AvgIpc) is 2.63. The van der Waals surface area contributed by atoms with Crippen molar-refractivity contribution in [3.05, 3.63) is 35.9 Å². The summed E-state index contributed by atoms with van der Waals surface area (Å²) in [6.07, 6.45) is 6.07. The summed E-state index contributed by atoms with van der Waals surface area (Å²) in [5.74, 6) is 0.326. The predicted octanol–water partition coefficient (Wildman–Crippen LogP) is 1.38. The number of carbonyl (C=O) groups excluding carboxylic acids is 1. The number of likely N-dealkylation sites (N-methyl/N-ethyl adjacent to an activating group) is 1. The summed E-state index contributed by atoms with van der Waals surface area (Å²) < 4.78 is 6.71. The summed E-state index contributed by atoms with van der Waals surface area (Å²) in [5, 5.41) is 0. The number of hydrogen-bond acceptors (Lipinski definition) is 2. The second kappa shape index (κ2) is 11.2. The molecule has 0 aliphatic heterocycles. The fourth-order valence-electron chi connectivity index (χ4n) is 3.72. The first-order valence-corrected chi connectivity index (χ1v) is 9.64. The van der Waals surface area contributed by atoms with Gasteiger partial charge < -0.3 is 33.2 Å². The van der Waals surface area contributed by atoms with Gasteiger partial charge in [-0.25, -0.2) is 0 Å². The van der Waals surface area contributed by atoms with Crippen LogP contribution in [0.25, 0.3) is 0 Å². The third-order valence-corrected chi connectivity index (χ3v) is 5.94. The zero-order valence-corrected chi connectivity index (χ0v) is 18.2. The number of carbonyl (C=O) groups is 1. The summed E-state index contributed by atoms with van der Waals surface area (Å²) in [4.78, 5) is 12.9. The van der Waals surface area contributed by atoms with Crippen LogP contribution >= 0.6 is 0 Å². The highest BCUT2D eigenvalue weighted by molar-refractivity contribution is 5.78. The van der Waals surface area contributed by atoms with E-state index in [1.807, 2.05) is 18.2 Å². The third-order valence-electron chi connectivity index (χ3n) is 5.94. The highest BCUT2D eigenvalue weighted by Gasteiger charge is 2.32. The Balaban J connectivity index is 0.00000312. The molecule has 1 unspecified atom stereocenters. The molecule has 0 N–H and O–H groups in total. The first-order valence-electron chi connectivity index (χ1n) is 9.64. The Morgan fingerprint density at radius 2 is 1.72 bits per heavy atom. The van der Waals surface area contributed by atoms with Crippen molar-refractivity contribution in [2.24, 2.45) is 5.92 Å². The van der Waals surface area contributed by atoms with Crippen molar-refractivity contribution in [2.45, 2.75) is 51.9 Å². The molecule has 3 nitrogen and oxygen atoms in total. The Kier molecular flexibility index (Phi) is 10.0. The zero-order chi connectivity index (χ0) is 17.4. The van der Waals surface area contributed by atoms with Gasteiger partial charge in [0.25, 0.3) is 0 Å². The molecule has 0 bridgehead atoms. The van der Waals surface area contributed by atoms with E-state index in [0.29, 0.717) is 12.5 Å². The van der Waals surface area contributed by atoms with E-state index in [9.17, 15) is 4.79 Å². The van der Waals surface area contributed by atoms with Crippen LogP contribution in [-0.2, 0) is 9.53 Å². The first-order chi connectivity index (χ1) is 11.6. The second-order valence-corrected chi connectivity index (χ2v) is 7.43. The van der Waals surface area contributed by atoms with Gasteiger partial charge in [0.15, 0.2) is 0 Å². The lowest BCUT2D eigenvalue weighted by molar-refractivity contribution is -0.906. The molecule has 1 saturated carbocycles. The lowest BCUT2D eigenvalue weighted by Gasteiger charge is -2.33. The molecule has 25 heavy (non-hydrogen) atoms. The van der Waals surface area contributed by atoms with Crippen LogP contribution in [0.4, 0.5) is 0 Å². The number of hydrogen-bond donors (Lipinski definition) is 0. The van der Waals surface area contributed by atoms with Gasteiger partial charge in [-0.2, -0.15) is 0 Å². The van der Waals surface area contributed by atoms with Crippen LogP contribution < -0.4 is 24.0 Å². The highest BCUT2D eigenvalue weighted by Crippen LogP contribution is 2.36. The van der Waals surface area contributed by atoms with E-state index >= 15 is 0 Å². The molecule has 1 aliphatic carbocycles. The number of benzene rings is 1. The van der Waals surface area contributed by atoms with E-state index in [2.05, 4.69) is 33.0 Å². The number of halogens is 1. The van der Waals surface area contributed by atoms with E-state index in [-0.39, 0.29) is 35.9 Å². The monoisotopic (exact) mass is 459 g/mol. The Bertz CT molecular complexity index is 496. The molecule has 4 heteroatoms. The number of ether oxygens (including phenoxy) is 1. The summed E-state index contributed by atoms with van der Waals surface area (Å²) in [5.41, 5.74) is 1.12. The van der Waals surface area contributed by atoms with E-state index in [4.69, 9.17) is 4.74 Å². The van der Waals surface area contributed by atoms with Crippen molar-refractivity contribution in [1.82, 2.24) is 0 Å². The quantitative estimate of drug-likeness (QED) is 0.334. The molecule has 2 rings (SSSR count). The fraction of sp³-hybridized carbons (Fsp3) is 0.667. The summed E-state index contributed by atoms with van der Waals surface area (Å²) >= 11 is 0. The van der Waals surface area contributed by atoms with Crippen molar-refractivity contribution in [2.75, 3.05) is 33.3 Å². The van der Waals surface area contributed by atoms with Crippen molar-refractivity contribution in [1.29, 1.82) is 0 Å². The molecule has 0 saturated heterocycles. The van der Waals surface area contributed by atoms with Gasteiger partial charge in [0.1, 0.15) is 13.2 Å². The minimum Gasteiger partial charge on any atom is -1.00 e. The molecular formula is C21H34INO2. The summed E-state index contributed by atoms with van der Waals surface area (Å²) in [7, 11) is 2.23. The molecule has 142 valence electrons. The molecule has 1 aromatic rings. The maximum Gasteiger partial charge on any atom is 0.313 e.